The standard InChI is InChI=1S/C17H31N3/c1-7-8-16-9-15(11-18-6)10-17(19-16)20(14(4)5)12-13(2)3/h9-10,13-14,18H,7-8,11-12H2,1-6H3. The fourth-order valence-corrected chi connectivity index (χ4v) is 2.43. The molecule has 1 N–H and O–H groups in total. The third-order valence-corrected chi connectivity index (χ3v) is 3.29. The number of rotatable bonds is 8. The lowest BCUT2D eigenvalue weighted by atomic mass is 10.1. The van der Waals surface area contributed by atoms with E-state index in [-0.39, 0.29) is 0 Å². The van der Waals surface area contributed by atoms with Gasteiger partial charge in [-0.1, -0.05) is 27.2 Å². The van der Waals surface area contributed by atoms with Crippen LogP contribution in [0.15, 0.2) is 12.1 Å². The molecule has 0 saturated heterocycles. The maximum atomic E-state index is 4.88. The zero-order chi connectivity index (χ0) is 15.1. The Bertz CT molecular complexity index is 375. The van der Waals surface area contributed by atoms with Crippen molar-refractivity contribution in [2.45, 2.75) is 60.0 Å². The fourth-order valence-electron chi connectivity index (χ4n) is 2.43. The average Bonchev–Trinajstić information content (AvgIpc) is 2.36. The van der Waals surface area contributed by atoms with Crippen LogP contribution in [-0.4, -0.2) is 24.6 Å². The van der Waals surface area contributed by atoms with E-state index in [1.54, 1.807) is 0 Å². The van der Waals surface area contributed by atoms with Crippen LogP contribution in [0.3, 0.4) is 0 Å². The van der Waals surface area contributed by atoms with Crippen molar-refractivity contribution in [2.24, 2.45) is 5.92 Å². The summed E-state index contributed by atoms with van der Waals surface area (Å²) in [6.07, 6.45) is 2.19. The van der Waals surface area contributed by atoms with Crippen molar-refractivity contribution < 1.29 is 0 Å². The van der Waals surface area contributed by atoms with Crippen LogP contribution in [0, 0.1) is 5.92 Å². The second-order valence-electron chi connectivity index (χ2n) is 6.25. The van der Waals surface area contributed by atoms with E-state index in [9.17, 15) is 0 Å². The predicted molar refractivity (Wildman–Crippen MR) is 88.3 cm³/mol. The summed E-state index contributed by atoms with van der Waals surface area (Å²) in [4.78, 5) is 7.30. The Morgan fingerprint density at radius 3 is 2.40 bits per heavy atom. The van der Waals surface area contributed by atoms with E-state index in [4.69, 9.17) is 4.98 Å². The third-order valence-electron chi connectivity index (χ3n) is 3.29. The highest BCUT2D eigenvalue weighted by molar-refractivity contribution is 5.44. The van der Waals surface area contributed by atoms with Gasteiger partial charge in [-0.25, -0.2) is 4.98 Å². The molecule has 1 heterocycles. The highest BCUT2D eigenvalue weighted by atomic mass is 15.2. The highest BCUT2D eigenvalue weighted by Gasteiger charge is 2.15. The molecule has 0 aromatic carbocycles. The number of hydrogen-bond acceptors (Lipinski definition) is 3. The Morgan fingerprint density at radius 1 is 1.20 bits per heavy atom. The quantitative estimate of drug-likeness (QED) is 0.786. The van der Waals surface area contributed by atoms with Gasteiger partial charge in [0.15, 0.2) is 0 Å². The van der Waals surface area contributed by atoms with Crippen LogP contribution in [0.4, 0.5) is 5.82 Å². The molecular formula is C17H31N3. The van der Waals surface area contributed by atoms with Crippen LogP contribution in [-0.2, 0) is 13.0 Å². The van der Waals surface area contributed by atoms with Crippen LogP contribution in [0.1, 0.15) is 52.3 Å². The number of anilines is 1. The van der Waals surface area contributed by atoms with Gasteiger partial charge >= 0.3 is 0 Å². The Kier molecular flexibility index (Phi) is 7.00. The summed E-state index contributed by atoms with van der Waals surface area (Å²) in [5.74, 6) is 1.77. The molecule has 0 fully saturated rings. The molecule has 0 saturated carbocycles. The van der Waals surface area contributed by atoms with Crippen molar-refractivity contribution in [1.29, 1.82) is 0 Å². The monoisotopic (exact) mass is 277 g/mol. The lowest BCUT2D eigenvalue weighted by Crippen LogP contribution is -2.35. The molecular weight excluding hydrogens is 246 g/mol. The lowest BCUT2D eigenvalue weighted by molar-refractivity contribution is 0.564. The molecule has 1 rings (SSSR count). The average molecular weight is 277 g/mol. The molecule has 0 aliphatic rings. The minimum absolute atomic E-state index is 0.476. The molecule has 0 aliphatic carbocycles. The second kappa shape index (κ2) is 8.25. The maximum absolute atomic E-state index is 4.88. The molecule has 0 aliphatic heterocycles. The smallest absolute Gasteiger partial charge is 0.129 e. The topological polar surface area (TPSA) is 28.2 Å². The predicted octanol–water partition coefficient (Wildman–Crippen LogP) is 3.62. The lowest BCUT2D eigenvalue weighted by Gasteiger charge is -2.30. The van der Waals surface area contributed by atoms with Crippen molar-refractivity contribution in [3.63, 3.8) is 0 Å². The third kappa shape index (κ3) is 5.12. The number of nitrogens with zero attached hydrogens (tertiary/aromatic N) is 2. The zero-order valence-corrected chi connectivity index (χ0v) is 14.0. The number of aryl methyl sites for hydroxylation is 1. The van der Waals surface area contributed by atoms with Crippen molar-refractivity contribution >= 4 is 5.82 Å². The van der Waals surface area contributed by atoms with Crippen molar-refractivity contribution in [3.8, 4) is 0 Å². The minimum Gasteiger partial charge on any atom is -0.354 e. The molecule has 3 nitrogen and oxygen atoms in total. The Labute approximate surface area is 124 Å². The van der Waals surface area contributed by atoms with Crippen LogP contribution >= 0.6 is 0 Å². The van der Waals surface area contributed by atoms with E-state index in [0.717, 1.165) is 31.7 Å². The van der Waals surface area contributed by atoms with Gasteiger partial charge in [0.1, 0.15) is 5.82 Å². The second-order valence-corrected chi connectivity index (χ2v) is 6.25. The van der Waals surface area contributed by atoms with E-state index in [0.29, 0.717) is 12.0 Å². The first kappa shape index (κ1) is 17.0. The molecule has 1 aromatic heterocycles. The van der Waals surface area contributed by atoms with Gasteiger partial charge in [-0.2, -0.15) is 0 Å². The largest absolute Gasteiger partial charge is 0.354 e. The van der Waals surface area contributed by atoms with Gasteiger partial charge in [0.05, 0.1) is 0 Å². The van der Waals surface area contributed by atoms with Crippen LogP contribution in [0.2, 0.25) is 0 Å². The summed E-state index contributed by atoms with van der Waals surface area (Å²) in [6.45, 7) is 13.2. The molecule has 0 bridgehead atoms. The number of aromatic nitrogens is 1. The van der Waals surface area contributed by atoms with Gasteiger partial charge < -0.3 is 10.2 Å². The van der Waals surface area contributed by atoms with E-state index < -0.39 is 0 Å². The van der Waals surface area contributed by atoms with E-state index in [2.05, 4.69) is 57.0 Å². The summed E-state index contributed by atoms with van der Waals surface area (Å²) >= 11 is 0. The van der Waals surface area contributed by atoms with Gasteiger partial charge in [-0.15, -0.1) is 0 Å². The summed E-state index contributed by atoms with van der Waals surface area (Å²) in [5, 5.41) is 3.24. The molecule has 0 spiro atoms. The Morgan fingerprint density at radius 2 is 1.90 bits per heavy atom. The molecule has 0 atom stereocenters. The van der Waals surface area contributed by atoms with Crippen LogP contribution in [0.25, 0.3) is 0 Å². The van der Waals surface area contributed by atoms with Gasteiger partial charge in [0.25, 0.3) is 0 Å². The van der Waals surface area contributed by atoms with Gasteiger partial charge in [-0.3, -0.25) is 0 Å². The normalized spacial score (nSPS) is 11.4. The SMILES string of the molecule is CCCc1cc(CNC)cc(N(CC(C)C)C(C)C)n1. The zero-order valence-electron chi connectivity index (χ0n) is 14.0. The van der Waals surface area contributed by atoms with Gasteiger partial charge in [0.2, 0.25) is 0 Å². The number of hydrogen-bond donors (Lipinski definition) is 1. The maximum Gasteiger partial charge on any atom is 0.129 e. The molecule has 3 heteroatoms. The molecule has 0 unspecified atom stereocenters. The van der Waals surface area contributed by atoms with Gasteiger partial charge in [-0.05, 0) is 50.9 Å². The first-order valence-corrected chi connectivity index (χ1v) is 7.89. The number of pyridine rings is 1. The molecule has 0 radical (unpaired) electrons. The summed E-state index contributed by atoms with van der Waals surface area (Å²) in [5.41, 5.74) is 2.54. The number of nitrogens with one attached hydrogen (secondary N) is 1. The molecule has 20 heavy (non-hydrogen) atoms. The highest BCUT2D eigenvalue weighted by Crippen LogP contribution is 2.20. The van der Waals surface area contributed by atoms with E-state index in [1.807, 2.05) is 7.05 Å². The Hall–Kier alpha value is -1.09. The first-order valence-electron chi connectivity index (χ1n) is 7.89. The van der Waals surface area contributed by atoms with Crippen LogP contribution in [0.5, 0.6) is 0 Å². The molecule has 114 valence electrons. The summed E-state index contributed by atoms with van der Waals surface area (Å²) < 4.78 is 0. The molecule has 0 amide bonds. The van der Waals surface area contributed by atoms with E-state index in [1.165, 1.54) is 11.3 Å². The summed E-state index contributed by atoms with van der Waals surface area (Å²) in [7, 11) is 1.99. The first-order chi connectivity index (χ1) is 9.47. The fraction of sp³-hybridized carbons (Fsp3) is 0.706. The van der Waals surface area contributed by atoms with Crippen LogP contribution < -0.4 is 10.2 Å². The minimum atomic E-state index is 0.476. The molecule has 1 aromatic rings. The Balaban J connectivity index is 3.10. The van der Waals surface area contributed by atoms with E-state index >= 15 is 0 Å². The summed E-state index contributed by atoms with van der Waals surface area (Å²) in [6, 6.07) is 4.94. The van der Waals surface area contributed by atoms with Gasteiger partial charge in [0, 0.05) is 24.8 Å². The van der Waals surface area contributed by atoms with Crippen molar-refractivity contribution in [2.75, 3.05) is 18.5 Å². The van der Waals surface area contributed by atoms with Crippen molar-refractivity contribution in [1.82, 2.24) is 10.3 Å². The van der Waals surface area contributed by atoms with Crippen molar-refractivity contribution in [3.05, 3.63) is 23.4 Å².